The summed E-state index contributed by atoms with van der Waals surface area (Å²) in [6, 6.07) is 12.8. The number of nitrogens with zero attached hydrogens (tertiary/aromatic N) is 2. The van der Waals surface area contributed by atoms with Crippen molar-refractivity contribution >= 4 is 16.9 Å². The molecule has 7 heteroatoms. The number of benzene rings is 2. The molecule has 35 heavy (non-hydrogen) atoms. The Morgan fingerprint density at radius 1 is 1.03 bits per heavy atom. The standard InChI is InChI=1S/C28H32N2O5/c1-4-19-5-10-23-22(17-19)26(31)24-25(20-6-8-21(9-7-20)34-18(2)3)30(28(32)27(24)35-23)12-11-29-13-15-33-16-14-29/h5-10,17-18,25H,4,11-16H2,1-3H3. The van der Waals surface area contributed by atoms with Crippen LogP contribution in [0.25, 0.3) is 11.0 Å². The van der Waals surface area contributed by atoms with Gasteiger partial charge in [0.2, 0.25) is 5.76 Å². The maximum atomic E-state index is 13.8. The molecule has 0 aliphatic carbocycles. The smallest absolute Gasteiger partial charge is 0.290 e. The van der Waals surface area contributed by atoms with Gasteiger partial charge in [0.25, 0.3) is 5.91 Å². The summed E-state index contributed by atoms with van der Waals surface area (Å²) in [5.74, 6) is 0.673. The van der Waals surface area contributed by atoms with Crippen molar-refractivity contribution in [3.8, 4) is 5.75 Å². The number of fused-ring (bicyclic) bond motifs is 2. The van der Waals surface area contributed by atoms with Gasteiger partial charge in [-0.3, -0.25) is 14.5 Å². The summed E-state index contributed by atoms with van der Waals surface area (Å²) in [6.07, 6.45) is 0.878. The van der Waals surface area contributed by atoms with Crippen molar-refractivity contribution < 1.29 is 18.7 Å². The fraction of sp³-hybridized carbons (Fsp3) is 0.429. The van der Waals surface area contributed by atoms with E-state index in [9.17, 15) is 9.59 Å². The Hall–Kier alpha value is -3.16. The van der Waals surface area contributed by atoms with Crippen molar-refractivity contribution in [1.82, 2.24) is 9.80 Å². The third-order valence-corrected chi connectivity index (χ3v) is 6.77. The lowest BCUT2D eigenvalue weighted by Gasteiger charge is -2.31. The van der Waals surface area contributed by atoms with Crippen LogP contribution in [0, 0.1) is 0 Å². The highest BCUT2D eigenvalue weighted by Gasteiger charge is 2.42. The molecule has 1 amide bonds. The van der Waals surface area contributed by atoms with Gasteiger partial charge in [-0.15, -0.1) is 0 Å². The first kappa shape index (κ1) is 23.6. The molecule has 1 fully saturated rings. The molecule has 3 aromatic rings. The van der Waals surface area contributed by atoms with Crippen molar-refractivity contribution in [3.63, 3.8) is 0 Å². The van der Waals surface area contributed by atoms with Crippen molar-refractivity contribution in [1.29, 1.82) is 0 Å². The van der Waals surface area contributed by atoms with E-state index in [4.69, 9.17) is 13.9 Å². The van der Waals surface area contributed by atoms with Gasteiger partial charge in [0, 0.05) is 26.2 Å². The van der Waals surface area contributed by atoms with Crippen molar-refractivity contribution in [2.45, 2.75) is 39.3 Å². The number of amides is 1. The van der Waals surface area contributed by atoms with Crippen LogP contribution in [0.5, 0.6) is 5.75 Å². The highest BCUT2D eigenvalue weighted by molar-refractivity contribution is 5.99. The SMILES string of the molecule is CCc1ccc2oc3c(c(=O)c2c1)C(c1ccc(OC(C)C)cc1)N(CCN1CCOCC1)C3=O. The molecule has 184 valence electrons. The normalized spacial score (nSPS) is 18.5. The quantitative estimate of drug-likeness (QED) is 0.513. The lowest BCUT2D eigenvalue weighted by molar-refractivity contribution is 0.0314. The molecule has 2 aliphatic rings. The Bertz CT molecular complexity index is 1270. The average Bonchev–Trinajstić information content (AvgIpc) is 3.15. The maximum absolute atomic E-state index is 13.8. The van der Waals surface area contributed by atoms with Crippen LogP contribution in [0.2, 0.25) is 0 Å². The predicted molar refractivity (Wildman–Crippen MR) is 134 cm³/mol. The molecule has 3 heterocycles. The second-order valence-electron chi connectivity index (χ2n) is 9.45. The van der Waals surface area contributed by atoms with E-state index in [0.717, 1.165) is 36.4 Å². The summed E-state index contributed by atoms with van der Waals surface area (Å²) >= 11 is 0. The highest BCUT2D eigenvalue weighted by Crippen LogP contribution is 2.38. The van der Waals surface area contributed by atoms with Gasteiger partial charge in [-0.25, -0.2) is 0 Å². The number of ether oxygens (including phenoxy) is 2. The van der Waals surface area contributed by atoms with Crippen LogP contribution < -0.4 is 10.2 Å². The molecule has 0 bridgehead atoms. The van der Waals surface area contributed by atoms with Gasteiger partial charge in [-0.1, -0.05) is 25.1 Å². The van der Waals surface area contributed by atoms with Gasteiger partial charge in [-0.2, -0.15) is 0 Å². The fourth-order valence-corrected chi connectivity index (χ4v) is 4.94. The minimum Gasteiger partial charge on any atom is -0.491 e. The summed E-state index contributed by atoms with van der Waals surface area (Å²) in [6.45, 7) is 10.3. The Balaban J connectivity index is 1.57. The summed E-state index contributed by atoms with van der Waals surface area (Å²) in [5, 5.41) is 0.524. The van der Waals surface area contributed by atoms with Crippen LogP contribution >= 0.6 is 0 Å². The number of hydrogen-bond acceptors (Lipinski definition) is 6. The summed E-state index contributed by atoms with van der Waals surface area (Å²) in [5.41, 5.74) is 2.67. The zero-order chi connectivity index (χ0) is 24.5. The Kier molecular flexibility index (Phi) is 6.62. The largest absolute Gasteiger partial charge is 0.491 e. The lowest BCUT2D eigenvalue weighted by Crippen LogP contribution is -2.42. The van der Waals surface area contributed by atoms with E-state index in [1.165, 1.54) is 0 Å². The number of morpholine rings is 1. The summed E-state index contributed by atoms with van der Waals surface area (Å²) in [4.78, 5) is 31.5. The van der Waals surface area contributed by atoms with E-state index in [-0.39, 0.29) is 23.2 Å². The lowest BCUT2D eigenvalue weighted by atomic mass is 9.98. The molecule has 0 spiro atoms. The van der Waals surface area contributed by atoms with Crippen LogP contribution in [0.1, 0.15) is 54.1 Å². The minimum absolute atomic E-state index is 0.0609. The molecular formula is C28H32N2O5. The van der Waals surface area contributed by atoms with Crippen LogP contribution in [0.3, 0.4) is 0 Å². The molecule has 1 unspecified atom stereocenters. The van der Waals surface area contributed by atoms with Crippen molar-refractivity contribution in [2.24, 2.45) is 0 Å². The number of carbonyl (C=O) groups is 1. The molecule has 2 aliphatic heterocycles. The zero-order valence-corrected chi connectivity index (χ0v) is 20.6. The highest BCUT2D eigenvalue weighted by atomic mass is 16.5. The van der Waals surface area contributed by atoms with Crippen molar-refractivity contribution in [2.75, 3.05) is 39.4 Å². The topological polar surface area (TPSA) is 72.2 Å². The summed E-state index contributed by atoms with van der Waals surface area (Å²) < 4.78 is 17.4. The monoisotopic (exact) mass is 476 g/mol. The van der Waals surface area contributed by atoms with E-state index in [2.05, 4.69) is 11.8 Å². The van der Waals surface area contributed by atoms with Gasteiger partial charge in [0.05, 0.1) is 36.3 Å². The van der Waals surface area contributed by atoms with E-state index < -0.39 is 6.04 Å². The Morgan fingerprint density at radius 2 is 1.77 bits per heavy atom. The van der Waals surface area contributed by atoms with E-state index >= 15 is 0 Å². The van der Waals surface area contributed by atoms with Gasteiger partial charge in [0.1, 0.15) is 11.3 Å². The van der Waals surface area contributed by atoms with Gasteiger partial charge < -0.3 is 18.8 Å². The summed E-state index contributed by atoms with van der Waals surface area (Å²) in [7, 11) is 0. The van der Waals surface area contributed by atoms with Crippen LogP contribution in [-0.2, 0) is 11.2 Å². The number of hydrogen-bond donors (Lipinski definition) is 0. The molecule has 5 rings (SSSR count). The van der Waals surface area contributed by atoms with Crippen molar-refractivity contribution in [3.05, 3.63) is 75.1 Å². The number of aryl methyl sites for hydroxylation is 1. The molecule has 7 nitrogen and oxygen atoms in total. The molecule has 0 N–H and O–H groups in total. The minimum atomic E-state index is -0.502. The molecule has 0 saturated carbocycles. The molecule has 1 saturated heterocycles. The van der Waals surface area contributed by atoms with E-state index in [1.54, 1.807) is 11.0 Å². The molecule has 0 radical (unpaired) electrons. The Labute approximate surface area is 205 Å². The van der Waals surface area contributed by atoms with E-state index in [0.29, 0.717) is 42.8 Å². The number of rotatable bonds is 7. The Morgan fingerprint density at radius 3 is 2.46 bits per heavy atom. The molecular weight excluding hydrogens is 444 g/mol. The molecule has 1 atom stereocenters. The average molecular weight is 477 g/mol. The second kappa shape index (κ2) is 9.84. The van der Waals surface area contributed by atoms with Gasteiger partial charge in [-0.05, 0) is 55.7 Å². The third kappa shape index (κ3) is 4.58. The number of carbonyl (C=O) groups excluding carboxylic acids is 1. The van der Waals surface area contributed by atoms with Gasteiger partial charge >= 0.3 is 0 Å². The first-order valence-corrected chi connectivity index (χ1v) is 12.4. The molecule has 2 aromatic carbocycles. The van der Waals surface area contributed by atoms with E-state index in [1.807, 2.05) is 50.2 Å². The predicted octanol–water partition coefficient (Wildman–Crippen LogP) is 4.02. The third-order valence-electron chi connectivity index (χ3n) is 6.77. The molecule has 1 aromatic heterocycles. The van der Waals surface area contributed by atoms with Crippen LogP contribution in [-0.4, -0.2) is 61.2 Å². The van der Waals surface area contributed by atoms with Crippen LogP contribution in [0.4, 0.5) is 0 Å². The second-order valence-corrected chi connectivity index (χ2v) is 9.45. The first-order chi connectivity index (χ1) is 17.0. The first-order valence-electron chi connectivity index (χ1n) is 12.4. The zero-order valence-electron chi connectivity index (χ0n) is 20.6. The van der Waals surface area contributed by atoms with Gasteiger partial charge in [0.15, 0.2) is 5.43 Å². The maximum Gasteiger partial charge on any atom is 0.290 e. The fourth-order valence-electron chi connectivity index (χ4n) is 4.94. The van der Waals surface area contributed by atoms with Crippen LogP contribution in [0.15, 0.2) is 51.7 Å².